The van der Waals surface area contributed by atoms with E-state index in [9.17, 15) is 4.79 Å². The number of amides is 1. The predicted octanol–water partition coefficient (Wildman–Crippen LogP) is 4.94. The Labute approximate surface area is 166 Å². The molecule has 0 unspecified atom stereocenters. The Morgan fingerprint density at radius 2 is 1.64 bits per heavy atom. The van der Waals surface area contributed by atoms with E-state index in [0.717, 1.165) is 12.0 Å². The third-order valence-electron chi connectivity index (χ3n) is 5.36. The number of rotatable bonds is 4. The number of hydrogen-bond donors (Lipinski definition) is 0. The number of carbonyl (C=O) groups excluding carboxylic acids is 1. The maximum absolute atomic E-state index is 13.4. The zero-order valence-electron chi connectivity index (χ0n) is 16.3. The van der Waals surface area contributed by atoms with Gasteiger partial charge in [0.1, 0.15) is 5.75 Å². The zero-order valence-corrected chi connectivity index (χ0v) is 16.3. The molecule has 2 atom stereocenters. The SMILES string of the molecule is Cc1ccc([C@H]2c3ccccc3CCN2C(=O)[C@@H](C)Oc2ccccc2)cc1. The van der Waals surface area contributed by atoms with Gasteiger partial charge >= 0.3 is 0 Å². The molecule has 1 amide bonds. The van der Waals surface area contributed by atoms with E-state index >= 15 is 0 Å². The van der Waals surface area contributed by atoms with Crippen molar-refractivity contribution in [1.82, 2.24) is 4.90 Å². The molecule has 28 heavy (non-hydrogen) atoms. The molecule has 0 spiro atoms. The van der Waals surface area contributed by atoms with Crippen LogP contribution >= 0.6 is 0 Å². The van der Waals surface area contributed by atoms with Gasteiger partial charge in [-0.1, -0.05) is 72.3 Å². The van der Waals surface area contributed by atoms with Crippen molar-refractivity contribution in [1.29, 1.82) is 0 Å². The van der Waals surface area contributed by atoms with Gasteiger partial charge in [-0.3, -0.25) is 4.79 Å². The lowest BCUT2D eigenvalue weighted by atomic mass is 9.87. The van der Waals surface area contributed by atoms with E-state index in [0.29, 0.717) is 12.3 Å². The number of nitrogens with zero attached hydrogens (tertiary/aromatic N) is 1. The van der Waals surface area contributed by atoms with Gasteiger partial charge in [0.2, 0.25) is 0 Å². The molecular formula is C25H25NO2. The Bertz CT molecular complexity index is 950. The minimum absolute atomic E-state index is 0.0175. The van der Waals surface area contributed by atoms with Crippen molar-refractivity contribution in [2.24, 2.45) is 0 Å². The van der Waals surface area contributed by atoms with Gasteiger partial charge in [0.25, 0.3) is 5.91 Å². The van der Waals surface area contributed by atoms with E-state index in [1.54, 1.807) is 0 Å². The second-order valence-corrected chi connectivity index (χ2v) is 7.37. The molecule has 0 aliphatic carbocycles. The molecule has 0 saturated heterocycles. The quantitative estimate of drug-likeness (QED) is 0.650. The molecule has 0 saturated carbocycles. The molecule has 1 aliphatic rings. The van der Waals surface area contributed by atoms with Crippen LogP contribution in [0.5, 0.6) is 5.75 Å². The van der Waals surface area contributed by atoms with E-state index in [1.807, 2.05) is 42.2 Å². The van der Waals surface area contributed by atoms with Crippen LogP contribution in [-0.4, -0.2) is 23.5 Å². The highest BCUT2D eigenvalue weighted by Crippen LogP contribution is 2.35. The van der Waals surface area contributed by atoms with E-state index < -0.39 is 6.10 Å². The Hall–Kier alpha value is -3.07. The van der Waals surface area contributed by atoms with Crippen LogP contribution in [0, 0.1) is 6.92 Å². The number of benzene rings is 3. The van der Waals surface area contributed by atoms with Gasteiger partial charge in [0.05, 0.1) is 6.04 Å². The minimum Gasteiger partial charge on any atom is -0.481 e. The van der Waals surface area contributed by atoms with Gasteiger partial charge in [-0.2, -0.15) is 0 Å². The largest absolute Gasteiger partial charge is 0.481 e. The van der Waals surface area contributed by atoms with Crippen molar-refractivity contribution in [2.45, 2.75) is 32.4 Å². The summed E-state index contributed by atoms with van der Waals surface area (Å²) in [5.74, 6) is 0.733. The number of hydrogen-bond acceptors (Lipinski definition) is 2. The molecule has 3 heteroatoms. The minimum atomic E-state index is -0.541. The second kappa shape index (κ2) is 7.89. The highest BCUT2D eigenvalue weighted by atomic mass is 16.5. The lowest BCUT2D eigenvalue weighted by Gasteiger charge is -2.39. The van der Waals surface area contributed by atoms with Crippen LogP contribution in [0.2, 0.25) is 0 Å². The summed E-state index contributed by atoms with van der Waals surface area (Å²) in [6.07, 6.45) is 0.322. The van der Waals surface area contributed by atoms with Crippen molar-refractivity contribution in [3.8, 4) is 5.75 Å². The van der Waals surface area contributed by atoms with E-state index in [4.69, 9.17) is 4.74 Å². The Balaban J connectivity index is 1.66. The average Bonchev–Trinajstić information content (AvgIpc) is 2.74. The molecule has 1 heterocycles. The van der Waals surface area contributed by atoms with Crippen LogP contribution in [0.4, 0.5) is 0 Å². The molecule has 0 N–H and O–H groups in total. The first-order valence-corrected chi connectivity index (χ1v) is 9.80. The summed E-state index contributed by atoms with van der Waals surface area (Å²) in [5.41, 5.74) is 4.87. The Kier molecular flexibility index (Phi) is 5.16. The van der Waals surface area contributed by atoms with Crippen LogP contribution in [0.15, 0.2) is 78.9 Å². The van der Waals surface area contributed by atoms with E-state index in [2.05, 4.69) is 55.5 Å². The van der Waals surface area contributed by atoms with Gasteiger partial charge in [-0.05, 0) is 49.1 Å². The summed E-state index contributed by atoms with van der Waals surface area (Å²) in [4.78, 5) is 15.3. The van der Waals surface area contributed by atoms with Crippen LogP contribution in [0.3, 0.4) is 0 Å². The van der Waals surface area contributed by atoms with Gasteiger partial charge in [0.15, 0.2) is 6.10 Å². The predicted molar refractivity (Wildman–Crippen MR) is 111 cm³/mol. The molecule has 0 bridgehead atoms. The van der Waals surface area contributed by atoms with Crippen molar-refractivity contribution >= 4 is 5.91 Å². The first-order chi connectivity index (χ1) is 13.6. The topological polar surface area (TPSA) is 29.5 Å². The fourth-order valence-electron chi connectivity index (χ4n) is 3.90. The zero-order chi connectivity index (χ0) is 19.5. The summed E-state index contributed by atoms with van der Waals surface area (Å²) in [7, 11) is 0. The van der Waals surface area contributed by atoms with Gasteiger partial charge < -0.3 is 9.64 Å². The first-order valence-electron chi connectivity index (χ1n) is 9.80. The smallest absolute Gasteiger partial charge is 0.264 e. The molecule has 3 nitrogen and oxygen atoms in total. The summed E-state index contributed by atoms with van der Waals surface area (Å²) >= 11 is 0. The number of carbonyl (C=O) groups is 1. The lowest BCUT2D eigenvalue weighted by molar-refractivity contribution is -0.140. The Morgan fingerprint density at radius 3 is 2.39 bits per heavy atom. The third kappa shape index (κ3) is 3.65. The molecule has 0 fully saturated rings. The van der Waals surface area contributed by atoms with Crippen molar-refractivity contribution in [2.75, 3.05) is 6.54 Å². The summed E-state index contributed by atoms with van der Waals surface area (Å²) in [6, 6.07) is 26.4. The summed E-state index contributed by atoms with van der Waals surface area (Å²) < 4.78 is 5.93. The monoisotopic (exact) mass is 371 g/mol. The number of para-hydroxylation sites is 1. The normalized spacial score (nSPS) is 16.9. The maximum Gasteiger partial charge on any atom is 0.264 e. The maximum atomic E-state index is 13.4. The van der Waals surface area contributed by atoms with Crippen LogP contribution in [0.25, 0.3) is 0 Å². The van der Waals surface area contributed by atoms with E-state index in [-0.39, 0.29) is 11.9 Å². The highest BCUT2D eigenvalue weighted by molar-refractivity contribution is 5.82. The number of aryl methyl sites for hydroxylation is 1. The number of ether oxygens (including phenoxy) is 1. The first kappa shape index (κ1) is 18.3. The molecule has 0 aromatic heterocycles. The fraction of sp³-hybridized carbons (Fsp3) is 0.240. The van der Waals surface area contributed by atoms with Gasteiger partial charge in [0, 0.05) is 6.54 Å². The van der Waals surface area contributed by atoms with Gasteiger partial charge in [-0.25, -0.2) is 0 Å². The fourth-order valence-corrected chi connectivity index (χ4v) is 3.90. The van der Waals surface area contributed by atoms with E-state index in [1.165, 1.54) is 16.7 Å². The van der Waals surface area contributed by atoms with Crippen molar-refractivity contribution < 1.29 is 9.53 Å². The van der Waals surface area contributed by atoms with Crippen molar-refractivity contribution in [3.05, 3.63) is 101 Å². The van der Waals surface area contributed by atoms with Gasteiger partial charge in [-0.15, -0.1) is 0 Å². The summed E-state index contributed by atoms with van der Waals surface area (Å²) in [6.45, 7) is 4.61. The van der Waals surface area contributed by atoms with Crippen molar-refractivity contribution in [3.63, 3.8) is 0 Å². The summed E-state index contributed by atoms with van der Waals surface area (Å²) in [5, 5.41) is 0. The molecule has 3 aromatic rings. The Morgan fingerprint density at radius 1 is 0.964 bits per heavy atom. The molecule has 3 aromatic carbocycles. The third-order valence-corrected chi connectivity index (χ3v) is 5.36. The van der Waals surface area contributed by atoms with Crippen LogP contribution in [0.1, 0.15) is 35.2 Å². The molecule has 1 aliphatic heterocycles. The standard InChI is InChI=1S/C25H25NO2/c1-18-12-14-21(15-13-18)24-23-11-7-6-8-20(23)16-17-26(24)25(27)19(2)28-22-9-4-3-5-10-22/h3-15,19,24H,16-17H2,1-2H3/t19-,24+/m1/s1. The van der Waals surface area contributed by atoms with Crippen LogP contribution < -0.4 is 4.74 Å². The molecular weight excluding hydrogens is 346 g/mol. The lowest BCUT2D eigenvalue weighted by Crippen LogP contribution is -2.46. The average molecular weight is 371 g/mol. The molecule has 0 radical (unpaired) electrons. The molecule has 4 rings (SSSR count). The second-order valence-electron chi connectivity index (χ2n) is 7.37. The van der Waals surface area contributed by atoms with Crippen LogP contribution in [-0.2, 0) is 11.2 Å². The highest BCUT2D eigenvalue weighted by Gasteiger charge is 2.34. The number of fused-ring (bicyclic) bond motifs is 1. The molecule has 142 valence electrons.